The molecule has 20 heavy (non-hydrogen) atoms. The first-order valence-corrected chi connectivity index (χ1v) is 7.57. The number of hydrogen-bond acceptors (Lipinski definition) is 2. The summed E-state index contributed by atoms with van der Waals surface area (Å²) in [5, 5.41) is 8.91. The van der Waals surface area contributed by atoms with Gasteiger partial charge in [-0.2, -0.15) is 0 Å². The molecule has 0 radical (unpaired) electrons. The van der Waals surface area contributed by atoms with Crippen LogP contribution in [0.4, 0.5) is 0 Å². The van der Waals surface area contributed by atoms with Gasteiger partial charge in [-0.3, -0.25) is 4.90 Å². The number of aromatic carboxylic acids is 1. The van der Waals surface area contributed by atoms with E-state index >= 15 is 0 Å². The zero-order chi connectivity index (χ0) is 14.6. The molecule has 0 bridgehead atoms. The SMILES string of the molecule is CCCC1(C)CCCN(Cc2ccc(C(=O)O)cc2)C1. The van der Waals surface area contributed by atoms with Crippen molar-refractivity contribution in [3.8, 4) is 0 Å². The van der Waals surface area contributed by atoms with E-state index in [9.17, 15) is 4.79 Å². The summed E-state index contributed by atoms with van der Waals surface area (Å²) >= 11 is 0. The zero-order valence-corrected chi connectivity index (χ0v) is 12.6. The van der Waals surface area contributed by atoms with Gasteiger partial charge in [0.05, 0.1) is 5.56 Å². The van der Waals surface area contributed by atoms with E-state index in [0.29, 0.717) is 11.0 Å². The number of carboxylic acid groups (broad SMARTS) is 1. The zero-order valence-electron chi connectivity index (χ0n) is 12.6. The summed E-state index contributed by atoms with van der Waals surface area (Å²) < 4.78 is 0. The van der Waals surface area contributed by atoms with Crippen LogP contribution in [0.5, 0.6) is 0 Å². The molecular formula is C17H25NO2. The summed E-state index contributed by atoms with van der Waals surface area (Å²) in [6.45, 7) is 7.89. The van der Waals surface area contributed by atoms with Gasteiger partial charge in [-0.25, -0.2) is 4.79 Å². The fourth-order valence-corrected chi connectivity index (χ4v) is 3.38. The molecule has 1 unspecified atom stereocenters. The van der Waals surface area contributed by atoms with Gasteiger partial charge in [0.2, 0.25) is 0 Å². The maximum absolute atomic E-state index is 10.8. The van der Waals surface area contributed by atoms with Crippen molar-refractivity contribution >= 4 is 5.97 Å². The lowest BCUT2D eigenvalue weighted by molar-refractivity contribution is 0.0697. The highest BCUT2D eigenvalue weighted by Crippen LogP contribution is 2.34. The molecule has 1 N–H and O–H groups in total. The Labute approximate surface area is 121 Å². The summed E-state index contributed by atoms with van der Waals surface area (Å²) in [6.07, 6.45) is 5.14. The molecule has 3 nitrogen and oxygen atoms in total. The fraction of sp³-hybridized carbons (Fsp3) is 0.588. The van der Waals surface area contributed by atoms with Crippen LogP contribution in [-0.2, 0) is 6.54 Å². The van der Waals surface area contributed by atoms with Crippen LogP contribution >= 0.6 is 0 Å². The summed E-state index contributed by atoms with van der Waals surface area (Å²) in [7, 11) is 0. The molecule has 0 saturated carbocycles. The van der Waals surface area contributed by atoms with E-state index in [4.69, 9.17) is 5.11 Å². The highest BCUT2D eigenvalue weighted by Gasteiger charge is 2.29. The number of carboxylic acids is 1. The molecule has 1 aliphatic heterocycles. The van der Waals surface area contributed by atoms with Crippen LogP contribution in [0.1, 0.15) is 55.5 Å². The number of rotatable bonds is 5. The molecular weight excluding hydrogens is 250 g/mol. The van der Waals surface area contributed by atoms with Crippen LogP contribution in [0.2, 0.25) is 0 Å². The van der Waals surface area contributed by atoms with Crippen molar-refractivity contribution in [1.82, 2.24) is 4.90 Å². The molecule has 1 fully saturated rings. The van der Waals surface area contributed by atoms with Crippen molar-refractivity contribution in [2.75, 3.05) is 13.1 Å². The van der Waals surface area contributed by atoms with E-state index in [0.717, 1.165) is 19.6 Å². The van der Waals surface area contributed by atoms with Crippen molar-refractivity contribution < 1.29 is 9.90 Å². The van der Waals surface area contributed by atoms with E-state index < -0.39 is 5.97 Å². The van der Waals surface area contributed by atoms with Crippen LogP contribution in [0, 0.1) is 5.41 Å². The molecule has 0 aliphatic carbocycles. The number of nitrogens with zero attached hydrogens (tertiary/aromatic N) is 1. The summed E-state index contributed by atoms with van der Waals surface area (Å²) in [6, 6.07) is 7.28. The van der Waals surface area contributed by atoms with Gasteiger partial charge in [0.25, 0.3) is 0 Å². The monoisotopic (exact) mass is 275 g/mol. The molecule has 1 atom stereocenters. The van der Waals surface area contributed by atoms with Gasteiger partial charge >= 0.3 is 5.97 Å². The maximum Gasteiger partial charge on any atom is 0.335 e. The Balaban J connectivity index is 1.97. The number of carbonyl (C=O) groups is 1. The minimum Gasteiger partial charge on any atom is -0.478 e. The minimum absolute atomic E-state index is 0.364. The van der Waals surface area contributed by atoms with Crippen molar-refractivity contribution in [3.63, 3.8) is 0 Å². The average molecular weight is 275 g/mol. The summed E-state index contributed by atoms with van der Waals surface area (Å²) in [4.78, 5) is 13.4. The third kappa shape index (κ3) is 3.83. The van der Waals surface area contributed by atoms with E-state index in [-0.39, 0.29) is 0 Å². The standard InChI is InChI=1S/C17H25NO2/c1-3-9-17(2)10-4-11-18(13-17)12-14-5-7-15(8-6-14)16(19)20/h5-8H,3-4,9-13H2,1-2H3,(H,19,20). The largest absolute Gasteiger partial charge is 0.478 e. The van der Waals surface area contributed by atoms with Gasteiger partial charge < -0.3 is 5.11 Å². The number of hydrogen-bond donors (Lipinski definition) is 1. The molecule has 1 aromatic rings. The smallest absolute Gasteiger partial charge is 0.335 e. The van der Waals surface area contributed by atoms with Gasteiger partial charge in [0, 0.05) is 13.1 Å². The molecule has 3 heteroatoms. The van der Waals surface area contributed by atoms with E-state index in [1.807, 2.05) is 12.1 Å². The summed E-state index contributed by atoms with van der Waals surface area (Å²) in [5.74, 6) is -0.856. The minimum atomic E-state index is -0.856. The molecule has 0 aromatic heterocycles. The predicted octanol–water partition coefficient (Wildman–Crippen LogP) is 3.79. The third-order valence-electron chi connectivity index (χ3n) is 4.32. The van der Waals surface area contributed by atoms with E-state index in [2.05, 4.69) is 18.7 Å². The van der Waals surface area contributed by atoms with Crippen LogP contribution in [0.25, 0.3) is 0 Å². The maximum atomic E-state index is 10.8. The Morgan fingerprint density at radius 3 is 2.65 bits per heavy atom. The van der Waals surface area contributed by atoms with Crippen molar-refractivity contribution in [2.24, 2.45) is 5.41 Å². The molecule has 1 saturated heterocycles. The Kier molecular flexibility index (Phi) is 4.81. The van der Waals surface area contributed by atoms with Gasteiger partial charge in [0.15, 0.2) is 0 Å². The molecule has 110 valence electrons. The Morgan fingerprint density at radius 2 is 2.05 bits per heavy atom. The molecule has 0 spiro atoms. The second kappa shape index (κ2) is 6.40. The second-order valence-corrected chi connectivity index (χ2v) is 6.38. The van der Waals surface area contributed by atoms with Crippen LogP contribution in [0.3, 0.4) is 0 Å². The molecule has 1 heterocycles. The highest BCUT2D eigenvalue weighted by atomic mass is 16.4. The third-order valence-corrected chi connectivity index (χ3v) is 4.32. The molecule has 0 amide bonds. The van der Waals surface area contributed by atoms with Crippen LogP contribution < -0.4 is 0 Å². The lowest BCUT2D eigenvalue weighted by Gasteiger charge is -2.40. The van der Waals surface area contributed by atoms with Gasteiger partial charge in [-0.1, -0.05) is 32.4 Å². The molecule has 1 aliphatic rings. The van der Waals surface area contributed by atoms with Gasteiger partial charge in [-0.15, -0.1) is 0 Å². The number of piperidine rings is 1. The number of likely N-dealkylation sites (tertiary alicyclic amines) is 1. The number of benzene rings is 1. The second-order valence-electron chi connectivity index (χ2n) is 6.38. The van der Waals surface area contributed by atoms with Crippen LogP contribution in [0.15, 0.2) is 24.3 Å². The van der Waals surface area contributed by atoms with E-state index in [1.165, 1.54) is 31.2 Å². The summed E-state index contributed by atoms with van der Waals surface area (Å²) in [5.41, 5.74) is 2.02. The van der Waals surface area contributed by atoms with E-state index in [1.54, 1.807) is 12.1 Å². The fourth-order valence-electron chi connectivity index (χ4n) is 3.38. The van der Waals surface area contributed by atoms with Crippen molar-refractivity contribution in [2.45, 2.75) is 46.1 Å². The molecule has 2 rings (SSSR count). The Bertz CT molecular complexity index is 451. The van der Waals surface area contributed by atoms with Gasteiger partial charge in [0.1, 0.15) is 0 Å². The predicted molar refractivity (Wildman–Crippen MR) is 80.9 cm³/mol. The highest BCUT2D eigenvalue weighted by molar-refractivity contribution is 5.87. The first-order valence-electron chi connectivity index (χ1n) is 7.57. The lowest BCUT2D eigenvalue weighted by atomic mass is 9.78. The van der Waals surface area contributed by atoms with Crippen molar-refractivity contribution in [1.29, 1.82) is 0 Å². The van der Waals surface area contributed by atoms with Gasteiger partial charge in [-0.05, 0) is 48.9 Å². The molecule has 1 aromatic carbocycles. The quantitative estimate of drug-likeness (QED) is 0.889. The topological polar surface area (TPSA) is 40.5 Å². The average Bonchev–Trinajstić information content (AvgIpc) is 2.39. The lowest BCUT2D eigenvalue weighted by Crippen LogP contribution is -2.41. The Hall–Kier alpha value is -1.35. The first-order chi connectivity index (χ1) is 9.52. The normalized spacial score (nSPS) is 23.7. The van der Waals surface area contributed by atoms with Crippen molar-refractivity contribution in [3.05, 3.63) is 35.4 Å². The van der Waals surface area contributed by atoms with Crippen LogP contribution in [-0.4, -0.2) is 29.1 Å². The first kappa shape index (κ1) is 15.0. The Morgan fingerprint density at radius 1 is 1.35 bits per heavy atom.